The van der Waals surface area contributed by atoms with Gasteiger partial charge in [0.2, 0.25) is 5.91 Å². The first kappa shape index (κ1) is 14.9. The van der Waals surface area contributed by atoms with Gasteiger partial charge in [0.05, 0.1) is 5.92 Å². The van der Waals surface area contributed by atoms with Gasteiger partial charge < -0.3 is 10.0 Å². The molecule has 1 aromatic rings. The average molecular weight is 309 g/mol. The molecule has 1 unspecified atom stereocenters. The van der Waals surface area contributed by atoms with Crippen LogP contribution in [-0.2, 0) is 16.0 Å². The Kier molecular flexibility index (Phi) is 3.85. The monoisotopic (exact) mass is 309 g/mol. The molecule has 0 radical (unpaired) electrons. The molecule has 1 amide bonds. The lowest BCUT2D eigenvalue weighted by Crippen LogP contribution is -2.32. The van der Waals surface area contributed by atoms with Crippen molar-refractivity contribution in [3.05, 3.63) is 35.4 Å². The van der Waals surface area contributed by atoms with E-state index in [2.05, 4.69) is 0 Å². The molecule has 1 saturated heterocycles. The predicted octanol–water partition coefficient (Wildman–Crippen LogP) is 2.08. The van der Waals surface area contributed by atoms with Crippen LogP contribution < -0.4 is 0 Å². The van der Waals surface area contributed by atoms with Crippen molar-refractivity contribution in [1.29, 1.82) is 0 Å². The number of rotatable bonds is 5. The quantitative estimate of drug-likeness (QED) is 0.906. The molecule has 1 aliphatic carbocycles. The van der Waals surface area contributed by atoms with E-state index in [4.69, 9.17) is 5.11 Å². The smallest absolute Gasteiger partial charge is 0.307 e. The van der Waals surface area contributed by atoms with Crippen LogP contribution >= 0.6 is 0 Å². The predicted molar refractivity (Wildman–Crippen MR) is 74.0 cm³/mol. The molecule has 2 fully saturated rings. The molecule has 1 heterocycles. The highest BCUT2D eigenvalue weighted by atomic mass is 19.1. The van der Waals surface area contributed by atoms with E-state index in [0.717, 1.165) is 0 Å². The van der Waals surface area contributed by atoms with Gasteiger partial charge in [0, 0.05) is 25.1 Å². The van der Waals surface area contributed by atoms with E-state index in [9.17, 15) is 18.4 Å². The Balaban J connectivity index is 1.46. The summed E-state index contributed by atoms with van der Waals surface area (Å²) in [5, 5.41) is 8.93. The molecule has 0 bridgehead atoms. The first-order chi connectivity index (χ1) is 10.5. The van der Waals surface area contributed by atoms with Crippen LogP contribution in [0.25, 0.3) is 0 Å². The lowest BCUT2D eigenvalue weighted by molar-refractivity contribution is -0.141. The van der Waals surface area contributed by atoms with Gasteiger partial charge in [0.25, 0.3) is 0 Å². The number of piperidine rings is 1. The topological polar surface area (TPSA) is 57.6 Å². The van der Waals surface area contributed by atoms with E-state index in [0.29, 0.717) is 19.5 Å². The second-order valence-corrected chi connectivity index (χ2v) is 6.04. The molecular formula is C16H17F2NO3. The van der Waals surface area contributed by atoms with Gasteiger partial charge in [-0.2, -0.15) is 0 Å². The number of fused-ring (bicyclic) bond motifs is 1. The molecule has 1 aromatic carbocycles. The van der Waals surface area contributed by atoms with Crippen molar-refractivity contribution in [2.24, 2.45) is 17.8 Å². The lowest BCUT2D eigenvalue weighted by atomic mass is 10.1. The van der Waals surface area contributed by atoms with Crippen LogP contribution in [0.5, 0.6) is 0 Å². The van der Waals surface area contributed by atoms with E-state index in [1.54, 1.807) is 4.90 Å². The molecule has 22 heavy (non-hydrogen) atoms. The summed E-state index contributed by atoms with van der Waals surface area (Å²) in [6.45, 7) is 0.989. The fraction of sp³-hybridized carbons (Fsp3) is 0.500. The second kappa shape index (κ2) is 5.66. The van der Waals surface area contributed by atoms with E-state index in [-0.39, 0.29) is 42.1 Å². The summed E-state index contributed by atoms with van der Waals surface area (Å²) in [6, 6.07) is 3.73. The molecule has 0 spiro atoms. The standard InChI is InChI=1S/C16H17F2NO3/c17-12-4-2-5-13(18)9(12)3-1-6-14(20)19-7-10-11(8-19)15(10)16(21)22/h2,4-5,10-11,15H,1,3,6-8H2,(H,21,22)/t10-,11+,15?. The van der Waals surface area contributed by atoms with Gasteiger partial charge in [-0.05, 0) is 36.8 Å². The van der Waals surface area contributed by atoms with Crippen LogP contribution in [-0.4, -0.2) is 35.0 Å². The number of hydrogen-bond acceptors (Lipinski definition) is 2. The van der Waals surface area contributed by atoms with Crippen LogP contribution in [0.15, 0.2) is 18.2 Å². The molecule has 3 atom stereocenters. The van der Waals surface area contributed by atoms with Crippen molar-refractivity contribution in [3.8, 4) is 0 Å². The number of amides is 1. The van der Waals surface area contributed by atoms with Crippen LogP contribution in [0.1, 0.15) is 18.4 Å². The maximum Gasteiger partial charge on any atom is 0.307 e. The number of hydrogen-bond donors (Lipinski definition) is 1. The molecule has 118 valence electrons. The molecule has 1 N–H and O–H groups in total. The van der Waals surface area contributed by atoms with Gasteiger partial charge in [-0.1, -0.05) is 6.07 Å². The zero-order valence-corrected chi connectivity index (χ0v) is 12.0. The van der Waals surface area contributed by atoms with Crippen molar-refractivity contribution in [2.45, 2.75) is 19.3 Å². The summed E-state index contributed by atoms with van der Waals surface area (Å²) in [7, 11) is 0. The third-order valence-corrected chi connectivity index (χ3v) is 4.71. The van der Waals surface area contributed by atoms with Gasteiger partial charge in [-0.25, -0.2) is 8.78 Å². The Morgan fingerprint density at radius 1 is 1.18 bits per heavy atom. The summed E-state index contributed by atoms with van der Waals surface area (Å²) in [4.78, 5) is 24.6. The Morgan fingerprint density at radius 3 is 2.32 bits per heavy atom. The van der Waals surface area contributed by atoms with E-state index in [1.807, 2.05) is 0 Å². The first-order valence-corrected chi connectivity index (χ1v) is 7.42. The van der Waals surface area contributed by atoms with Crippen molar-refractivity contribution >= 4 is 11.9 Å². The van der Waals surface area contributed by atoms with E-state index in [1.165, 1.54) is 18.2 Å². The molecule has 0 aromatic heterocycles. The summed E-state index contributed by atoms with van der Waals surface area (Å²) in [5.41, 5.74) is 0.0190. The third kappa shape index (κ3) is 2.69. The van der Waals surface area contributed by atoms with Crippen molar-refractivity contribution < 1.29 is 23.5 Å². The molecule has 1 saturated carbocycles. The molecule has 3 rings (SSSR count). The summed E-state index contributed by atoms with van der Waals surface area (Å²) in [6.07, 6.45) is 0.790. The molecular weight excluding hydrogens is 292 g/mol. The number of carboxylic acids is 1. The van der Waals surface area contributed by atoms with Crippen LogP contribution in [0.2, 0.25) is 0 Å². The maximum absolute atomic E-state index is 13.5. The Labute approximate surface area is 126 Å². The van der Waals surface area contributed by atoms with Crippen molar-refractivity contribution in [3.63, 3.8) is 0 Å². The minimum Gasteiger partial charge on any atom is -0.481 e. The molecule has 6 heteroatoms. The minimum atomic E-state index is -0.780. The first-order valence-electron chi connectivity index (χ1n) is 7.42. The number of likely N-dealkylation sites (tertiary alicyclic amines) is 1. The van der Waals surface area contributed by atoms with Crippen molar-refractivity contribution in [2.75, 3.05) is 13.1 Å². The third-order valence-electron chi connectivity index (χ3n) is 4.71. The maximum atomic E-state index is 13.5. The van der Waals surface area contributed by atoms with Crippen LogP contribution in [0, 0.1) is 29.4 Å². The fourth-order valence-electron chi connectivity index (χ4n) is 3.44. The number of carbonyl (C=O) groups is 2. The largest absolute Gasteiger partial charge is 0.481 e. The SMILES string of the molecule is O=C(O)C1[C@H]2CN(C(=O)CCCc3c(F)cccc3F)C[C@@H]12. The zero-order chi connectivity index (χ0) is 15.9. The normalized spacial score (nSPS) is 25.9. The van der Waals surface area contributed by atoms with Gasteiger partial charge in [0.1, 0.15) is 11.6 Å². The second-order valence-electron chi connectivity index (χ2n) is 6.04. The highest BCUT2D eigenvalue weighted by Crippen LogP contribution is 2.51. The Hall–Kier alpha value is -1.98. The fourth-order valence-corrected chi connectivity index (χ4v) is 3.44. The van der Waals surface area contributed by atoms with Gasteiger partial charge in [0.15, 0.2) is 0 Å². The lowest BCUT2D eigenvalue weighted by Gasteiger charge is -2.19. The van der Waals surface area contributed by atoms with Gasteiger partial charge in [-0.15, -0.1) is 0 Å². The Morgan fingerprint density at radius 2 is 1.77 bits per heavy atom. The number of halogens is 2. The summed E-state index contributed by atoms with van der Waals surface area (Å²) >= 11 is 0. The Bertz CT molecular complexity index is 587. The average Bonchev–Trinajstić information content (AvgIpc) is 2.98. The summed E-state index contributed by atoms with van der Waals surface area (Å²) < 4.78 is 26.9. The number of aliphatic carboxylic acids is 1. The summed E-state index contributed by atoms with van der Waals surface area (Å²) in [5.74, 6) is -2.13. The van der Waals surface area contributed by atoms with Crippen LogP contribution in [0.4, 0.5) is 8.78 Å². The minimum absolute atomic E-state index is 0.0190. The van der Waals surface area contributed by atoms with Crippen LogP contribution in [0.3, 0.4) is 0 Å². The highest BCUT2D eigenvalue weighted by Gasteiger charge is 2.60. The number of carboxylic acid groups (broad SMARTS) is 1. The van der Waals surface area contributed by atoms with Crippen molar-refractivity contribution in [1.82, 2.24) is 4.90 Å². The molecule has 1 aliphatic heterocycles. The van der Waals surface area contributed by atoms with E-state index >= 15 is 0 Å². The van der Waals surface area contributed by atoms with Gasteiger partial charge in [-0.3, -0.25) is 9.59 Å². The van der Waals surface area contributed by atoms with Gasteiger partial charge >= 0.3 is 5.97 Å². The highest BCUT2D eigenvalue weighted by molar-refractivity contribution is 5.79. The zero-order valence-electron chi connectivity index (χ0n) is 12.0. The molecule has 2 aliphatic rings. The number of carbonyl (C=O) groups excluding carboxylic acids is 1. The number of nitrogens with zero attached hydrogens (tertiary/aromatic N) is 1. The van der Waals surface area contributed by atoms with E-state index < -0.39 is 17.6 Å². The molecule has 4 nitrogen and oxygen atoms in total. The number of benzene rings is 1.